The molecule has 0 aliphatic heterocycles. The largest absolute Gasteiger partial charge is 0.370 e. The molecule has 0 radical (unpaired) electrons. The molecule has 82 valence electrons. The molecule has 1 aliphatic rings. The number of hydrogen-bond donors (Lipinski definition) is 2. The lowest BCUT2D eigenvalue weighted by Crippen LogP contribution is -2.31. The Kier molecular flexibility index (Phi) is 4.94. The van der Waals surface area contributed by atoms with Crippen molar-refractivity contribution in [1.29, 1.82) is 0 Å². The highest BCUT2D eigenvalue weighted by molar-refractivity contribution is 5.73. The minimum atomic E-state index is -0.214. The van der Waals surface area contributed by atoms with Gasteiger partial charge in [-0.05, 0) is 24.8 Å². The van der Waals surface area contributed by atoms with Crippen LogP contribution in [0.5, 0.6) is 0 Å². The summed E-state index contributed by atoms with van der Waals surface area (Å²) in [7, 11) is 0. The van der Waals surface area contributed by atoms with Crippen LogP contribution in [-0.4, -0.2) is 19.0 Å². The lowest BCUT2D eigenvalue weighted by Gasteiger charge is -2.28. The van der Waals surface area contributed by atoms with Crippen LogP contribution in [0.1, 0.15) is 39.0 Å². The molecule has 3 nitrogen and oxygen atoms in total. The number of carbonyl (C=O) groups is 1. The van der Waals surface area contributed by atoms with E-state index in [2.05, 4.69) is 12.2 Å². The number of rotatable bonds is 5. The van der Waals surface area contributed by atoms with Crippen molar-refractivity contribution >= 4 is 5.91 Å². The Morgan fingerprint density at radius 1 is 1.43 bits per heavy atom. The summed E-state index contributed by atoms with van der Waals surface area (Å²) in [6.07, 6.45) is 5.92. The Morgan fingerprint density at radius 3 is 2.79 bits per heavy atom. The van der Waals surface area contributed by atoms with Gasteiger partial charge in [-0.3, -0.25) is 4.79 Å². The molecule has 1 aliphatic carbocycles. The van der Waals surface area contributed by atoms with Gasteiger partial charge in [-0.1, -0.05) is 26.2 Å². The normalized spacial score (nSPS) is 27.5. The first-order valence-electron chi connectivity index (χ1n) is 5.69. The third-order valence-corrected chi connectivity index (χ3v) is 3.24. The zero-order chi connectivity index (χ0) is 10.4. The number of primary amides is 1. The molecule has 3 N–H and O–H groups in total. The summed E-state index contributed by atoms with van der Waals surface area (Å²) >= 11 is 0. The van der Waals surface area contributed by atoms with E-state index < -0.39 is 0 Å². The molecule has 3 heteroatoms. The summed E-state index contributed by atoms with van der Waals surface area (Å²) in [6, 6.07) is 0. The molecule has 0 aromatic carbocycles. The van der Waals surface area contributed by atoms with Crippen molar-refractivity contribution in [2.75, 3.05) is 13.1 Å². The molecule has 2 unspecified atom stereocenters. The van der Waals surface area contributed by atoms with Gasteiger partial charge in [0.05, 0.1) is 0 Å². The molecule has 0 aromatic rings. The summed E-state index contributed by atoms with van der Waals surface area (Å²) < 4.78 is 0. The minimum Gasteiger partial charge on any atom is -0.370 e. The predicted molar refractivity (Wildman–Crippen MR) is 57.8 cm³/mol. The number of hydrogen-bond acceptors (Lipinski definition) is 2. The Balaban J connectivity index is 2.07. The molecule has 0 bridgehead atoms. The Morgan fingerprint density at radius 2 is 2.14 bits per heavy atom. The van der Waals surface area contributed by atoms with Gasteiger partial charge >= 0.3 is 0 Å². The Bertz CT molecular complexity index is 182. The first kappa shape index (κ1) is 11.5. The maximum Gasteiger partial charge on any atom is 0.218 e. The van der Waals surface area contributed by atoms with Gasteiger partial charge in [0.1, 0.15) is 0 Å². The van der Waals surface area contributed by atoms with Crippen LogP contribution >= 0.6 is 0 Å². The van der Waals surface area contributed by atoms with Gasteiger partial charge in [0, 0.05) is 13.0 Å². The second-order valence-corrected chi connectivity index (χ2v) is 4.44. The fourth-order valence-electron chi connectivity index (χ4n) is 2.20. The third kappa shape index (κ3) is 4.09. The maximum absolute atomic E-state index is 10.5. The minimum absolute atomic E-state index is 0.214. The topological polar surface area (TPSA) is 55.1 Å². The second kappa shape index (κ2) is 6.02. The average molecular weight is 198 g/mol. The first-order valence-corrected chi connectivity index (χ1v) is 5.69. The van der Waals surface area contributed by atoms with E-state index in [0.29, 0.717) is 6.42 Å². The molecule has 0 spiro atoms. The van der Waals surface area contributed by atoms with Crippen LogP contribution in [0.3, 0.4) is 0 Å². The van der Waals surface area contributed by atoms with Gasteiger partial charge < -0.3 is 11.1 Å². The number of carbonyl (C=O) groups excluding carboxylic acids is 1. The Labute approximate surface area is 86.4 Å². The monoisotopic (exact) mass is 198 g/mol. The van der Waals surface area contributed by atoms with Crippen LogP contribution < -0.4 is 11.1 Å². The van der Waals surface area contributed by atoms with Gasteiger partial charge in [0.25, 0.3) is 0 Å². The lowest BCUT2D eigenvalue weighted by atomic mass is 9.80. The second-order valence-electron chi connectivity index (χ2n) is 4.44. The molecule has 1 fully saturated rings. The van der Waals surface area contributed by atoms with E-state index in [9.17, 15) is 4.79 Å². The van der Waals surface area contributed by atoms with Crippen LogP contribution in [0.25, 0.3) is 0 Å². The SMILES string of the molecule is CC1CCCCC1CNCCC(N)=O. The summed E-state index contributed by atoms with van der Waals surface area (Å²) in [4.78, 5) is 10.5. The van der Waals surface area contributed by atoms with E-state index in [4.69, 9.17) is 5.73 Å². The smallest absolute Gasteiger partial charge is 0.218 e. The standard InChI is InChI=1S/C11H22N2O/c1-9-4-2-3-5-10(9)8-13-7-6-11(12)14/h9-10,13H,2-8H2,1H3,(H2,12,14). The molecule has 0 aromatic heterocycles. The number of amides is 1. The van der Waals surface area contributed by atoms with Gasteiger partial charge in [-0.25, -0.2) is 0 Å². The molecule has 14 heavy (non-hydrogen) atoms. The molecular formula is C11H22N2O. The van der Waals surface area contributed by atoms with E-state index in [0.717, 1.165) is 24.9 Å². The van der Waals surface area contributed by atoms with Crippen molar-refractivity contribution < 1.29 is 4.79 Å². The number of nitrogens with two attached hydrogens (primary N) is 1. The van der Waals surface area contributed by atoms with Crippen molar-refractivity contribution in [3.8, 4) is 0 Å². The summed E-state index contributed by atoms with van der Waals surface area (Å²) in [5.41, 5.74) is 5.06. The van der Waals surface area contributed by atoms with Crippen molar-refractivity contribution in [1.82, 2.24) is 5.32 Å². The highest BCUT2D eigenvalue weighted by Gasteiger charge is 2.20. The number of nitrogens with one attached hydrogen (secondary N) is 1. The van der Waals surface area contributed by atoms with E-state index >= 15 is 0 Å². The van der Waals surface area contributed by atoms with Crippen molar-refractivity contribution in [3.05, 3.63) is 0 Å². The van der Waals surface area contributed by atoms with Crippen LogP contribution in [0.15, 0.2) is 0 Å². The van der Waals surface area contributed by atoms with Crippen LogP contribution in [-0.2, 0) is 4.79 Å². The van der Waals surface area contributed by atoms with Crippen molar-refractivity contribution in [3.63, 3.8) is 0 Å². The van der Waals surface area contributed by atoms with E-state index in [1.807, 2.05) is 0 Å². The molecule has 0 heterocycles. The highest BCUT2D eigenvalue weighted by Crippen LogP contribution is 2.28. The first-order chi connectivity index (χ1) is 6.70. The van der Waals surface area contributed by atoms with Crippen LogP contribution in [0.4, 0.5) is 0 Å². The van der Waals surface area contributed by atoms with Gasteiger partial charge in [-0.15, -0.1) is 0 Å². The zero-order valence-electron chi connectivity index (χ0n) is 9.09. The average Bonchev–Trinajstić information content (AvgIpc) is 2.15. The van der Waals surface area contributed by atoms with Gasteiger partial charge in [-0.2, -0.15) is 0 Å². The van der Waals surface area contributed by atoms with Gasteiger partial charge in [0.2, 0.25) is 5.91 Å². The fourth-order valence-corrected chi connectivity index (χ4v) is 2.20. The molecule has 1 saturated carbocycles. The van der Waals surface area contributed by atoms with E-state index in [-0.39, 0.29) is 5.91 Å². The van der Waals surface area contributed by atoms with E-state index in [1.165, 1.54) is 25.7 Å². The van der Waals surface area contributed by atoms with Crippen LogP contribution in [0.2, 0.25) is 0 Å². The van der Waals surface area contributed by atoms with E-state index in [1.54, 1.807) is 0 Å². The molecule has 2 atom stereocenters. The molecule has 0 saturated heterocycles. The zero-order valence-corrected chi connectivity index (χ0v) is 9.09. The van der Waals surface area contributed by atoms with Gasteiger partial charge in [0.15, 0.2) is 0 Å². The quantitative estimate of drug-likeness (QED) is 0.654. The molecule has 1 amide bonds. The maximum atomic E-state index is 10.5. The van der Waals surface area contributed by atoms with Crippen LogP contribution in [0, 0.1) is 11.8 Å². The summed E-state index contributed by atoms with van der Waals surface area (Å²) in [5.74, 6) is 1.43. The predicted octanol–water partition coefficient (Wildman–Crippen LogP) is 1.28. The molecular weight excluding hydrogens is 176 g/mol. The highest BCUT2D eigenvalue weighted by atomic mass is 16.1. The van der Waals surface area contributed by atoms with Crippen molar-refractivity contribution in [2.45, 2.75) is 39.0 Å². The fraction of sp³-hybridized carbons (Fsp3) is 0.909. The van der Waals surface area contributed by atoms with Crippen molar-refractivity contribution in [2.24, 2.45) is 17.6 Å². The Hall–Kier alpha value is -0.570. The molecule has 1 rings (SSSR count). The summed E-state index contributed by atoms with van der Waals surface area (Å²) in [6.45, 7) is 4.12. The summed E-state index contributed by atoms with van der Waals surface area (Å²) in [5, 5.41) is 3.32. The lowest BCUT2D eigenvalue weighted by molar-refractivity contribution is -0.117. The third-order valence-electron chi connectivity index (χ3n) is 3.24.